The molecular formula is C26H29N7O. The van der Waals surface area contributed by atoms with Gasteiger partial charge in [0.2, 0.25) is 5.82 Å². The van der Waals surface area contributed by atoms with Crippen LogP contribution in [0.2, 0.25) is 0 Å². The number of aromatic nitrogens is 4. The Morgan fingerprint density at radius 2 is 1.82 bits per heavy atom. The molecule has 2 atom stereocenters. The second-order valence-electron chi connectivity index (χ2n) is 9.22. The van der Waals surface area contributed by atoms with Crippen LogP contribution in [0, 0.1) is 29.1 Å². The molecule has 0 radical (unpaired) electrons. The van der Waals surface area contributed by atoms with Crippen LogP contribution < -0.4 is 10.2 Å². The summed E-state index contributed by atoms with van der Waals surface area (Å²) in [7, 11) is 1.94. The molecule has 2 N–H and O–H groups in total. The van der Waals surface area contributed by atoms with E-state index in [0.29, 0.717) is 34.9 Å². The predicted molar refractivity (Wildman–Crippen MR) is 133 cm³/mol. The summed E-state index contributed by atoms with van der Waals surface area (Å²) >= 11 is 0. The van der Waals surface area contributed by atoms with Crippen molar-refractivity contribution in [1.29, 1.82) is 5.41 Å². The molecule has 0 saturated carbocycles. The van der Waals surface area contributed by atoms with Crippen molar-refractivity contribution in [2.45, 2.75) is 19.9 Å². The number of fused-ring (bicyclic) bond motifs is 1. The molecule has 5 rings (SSSR count). The SMILES string of the molecule is CC(C)Nc1nc(C#Cc2nc(-c3ccccc3)cn2C)nc(N2C[C@H]3COC[C@H]3C2)c1C=N. The highest BCUT2D eigenvalue weighted by molar-refractivity contribution is 5.91. The first-order chi connectivity index (χ1) is 16.5. The highest BCUT2D eigenvalue weighted by Crippen LogP contribution is 2.34. The Labute approximate surface area is 199 Å². The average Bonchev–Trinajstić information content (AvgIpc) is 3.52. The van der Waals surface area contributed by atoms with Crippen LogP contribution in [0.3, 0.4) is 0 Å². The zero-order valence-electron chi connectivity index (χ0n) is 19.7. The quantitative estimate of drug-likeness (QED) is 0.454. The summed E-state index contributed by atoms with van der Waals surface area (Å²) in [6, 6.07) is 10.2. The molecule has 4 heterocycles. The van der Waals surface area contributed by atoms with E-state index in [2.05, 4.69) is 40.9 Å². The minimum absolute atomic E-state index is 0.164. The summed E-state index contributed by atoms with van der Waals surface area (Å²) in [5.41, 5.74) is 2.62. The fraction of sp³-hybridized carbons (Fsp3) is 0.385. The molecule has 174 valence electrons. The van der Waals surface area contributed by atoms with E-state index in [1.165, 1.54) is 6.21 Å². The molecule has 34 heavy (non-hydrogen) atoms. The van der Waals surface area contributed by atoms with E-state index in [4.69, 9.17) is 20.1 Å². The topological polar surface area (TPSA) is 92.0 Å². The lowest BCUT2D eigenvalue weighted by Gasteiger charge is -2.22. The van der Waals surface area contributed by atoms with E-state index >= 15 is 0 Å². The Morgan fingerprint density at radius 1 is 1.09 bits per heavy atom. The molecule has 2 aromatic heterocycles. The van der Waals surface area contributed by atoms with Gasteiger partial charge in [-0.3, -0.25) is 0 Å². The molecule has 2 aliphatic rings. The standard InChI is InChI=1S/C26H29N7O/c1-17(2)28-25-21(11-27)26(33-12-19-15-34-16-20(19)13-33)31-23(30-25)9-10-24-29-22(14-32(24)3)18-7-5-4-6-8-18/h4-8,11,14,17,19-20,27H,12-13,15-16H2,1-3H3,(H,28,30,31)/t19-,20+. The fourth-order valence-corrected chi connectivity index (χ4v) is 4.57. The Morgan fingerprint density at radius 3 is 2.50 bits per heavy atom. The maximum absolute atomic E-state index is 8.07. The second-order valence-corrected chi connectivity index (χ2v) is 9.22. The normalized spacial score (nSPS) is 19.1. The molecule has 2 fully saturated rings. The largest absolute Gasteiger partial charge is 0.381 e. The maximum Gasteiger partial charge on any atom is 0.209 e. The molecule has 0 bridgehead atoms. The Balaban J connectivity index is 1.51. The minimum Gasteiger partial charge on any atom is -0.381 e. The van der Waals surface area contributed by atoms with Crippen LogP contribution in [-0.2, 0) is 11.8 Å². The maximum atomic E-state index is 8.07. The van der Waals surface area contributed by atoms with Gasteiger partial charge in [-0.1, -0.05) is 30.3 Å². The Hall–Kier alpha value is -3.70. The van der Waals surface area contributed by atoms with Crippen molar-refractivity contribution in [3.8, 4) is 23.1 Å². The van der Waals surface area contributed by atoms with Gasteiger partial charge in [0.1, 0.15) is 11.6 Å². The van der Waals surface area contributed by atoms with Gasteiger partial charge < -0.3 is 24.9 Å². The molecule has 8 heteroatoms. The van der Waals surface area contributed by atoms with E-state index in [9.17, 15) is 0 Å². The van der Waals surface area contributed by atoms with Crippen molar-refractivity contribution in [3.63, 3.8) is 0 Å². The van der Waals surface area contributed by atoms with E-state index < -0.39 is 0 Å². The third-order valence-corrected chi connectivity index (χ3v) is 6.27. The first kappa shape index (κ1) is 22.1. The summed E-state index contributed by atoms with van der Waals surface area (Å²) in [6.07, 6.45) is 3.31. The number of nitrogens with zero attached hydrogens (tertiary/aromatic N) is 5. The lowest BCUT2D eigenvalue weighted by Crippen LogP contribution is -2.26. The van der Waals surface area contributed by atoms with Gasteiger partial charge in [-0.15, -0.1) is 0 Å². The van der Waals surface area contributed by atoms with Crippen LogP contribution in [0.1, 0.15) is 31.1 Å². The van der Waals surface area contributed by atoms with Crippen molar-refractivity contribution in [3.05, 3.63) is 53.7 Å². The van der Waals surface area contributed by atoms with Crippen LogP contribution in [0.4, 0.5) is 11.6 Å². The second kappa shape index (κ2) is 9.27. The summed E-state index contributed by atoms with van der Waals surface area (Å²) in [4.78, 5) is 16.4. The molecule has 0 amide bonds. The number of ether oxygens (including phenoxy) is 1. The van der Waals surface area contributed by atoms with E-state index in [-0.39, 0.29) is 6.04 Å². The van der Waals surface area contributed by atoms with Gasteiger partial charge in [0.05, 0.1) is 24.5 Å². The van der Waals surface area contributed by atoms with Gasteiger partial charge in [-0.25, -0.2) is 15.0 Å². The Kier molecular flexibility index (Phi) is 6.03. The first-order valence-electron chi connectivity index (χ1n) is 11.6. The summed E-state index contributed by atoms with van der Waals surface area (Å²) in [5.74, 6) is 9.75. The number of rotatable bonds is 5. The summed E-state index contributed by atoms with van der Waals surface area (Å²) in [6.45, 7) is 7.43. The van der Waals surface area contributed by atoms with Crippen molar-refractivity contribution in [1.82, 2.24) is 19.5 Å². The van der Waals surface area contributed by atoms with Crippen molar-refractivity contribution >= 4 is 17.9 Å². The first-order valence-corrected chi connectivity index (χ1v) is 11.6. The van der Waals surface area contributed by atoms with Crippen LogP contribution >= 0.6 is 0 Å². The number of anilines is 2. The van der Waals surface area contributed by atoms with Gasteiger partial charge in [0.15, 0.2) is 5.82 Å². The average molecular weight is 456 g/mol. The molecule has 2 aliphatic heterocycles. The van der Waals surface area contributed by atoms with Gasteiger partial charge >= 0.3 is 0 Å². The number of benzene rings is 1. The number of imidazole rings is 1. The smallest absolute Gasteiger partial charge is 0.209 e. The predicted octanol–water partition coefficient (Wildman–Crippen LogP) is 3.18. The van der Waals surface area contributed by atoms with E-state index in [1.54, 1.807) is 0 Å². The van der Waals surface area contributed by atoms with Gasteiger partial charge in [-0.2, -0.15) is 0 Å². The molecular weight excluding hydrogens is 426 g/mol. The monoisotopic (exact) mass is 455 g/mol. The van der Waals surface area contributed by atoms with Crippen LogP contribution in [0.25, 0.3) is 11.3 Å². The zero-order valence-corrected chi connectivity index (χ0v) is 19.7. The highest BCUT2D eigenvalue weighted by Gasteiger charge is 2.38. The van der Waals surface area contributed by atoms with Crippen molar-refractivity contribution < 1.29 is 4.74 Å². The third kappa shape index (κ3) is 4.39. The molecule has 0 aliphatic carbocycles. The van der Waals surface area contributed by atoms with E-state index in [0.717, 1.165) is 43.4 Å². The van der Waals surface area contributed by atoms with Gasteiger partial charge in [0, 0.05) is 56.0 Å². The molecule has 8 nitrogen and oxygen atoms in total. The number of hydrogen-bond acceptors (Lipinski definition) is 7. The van der Waals surface area contributed by atoms with Crippen LogP contribution in [-0.4, -0.2) is 58.1 Å². The molecule has 3 aromatic rings. The third-order valence-electron chi connectivity index (χ3n) is 6.27. The van der Waals surface area contributed by atoms with Crippen molar-refractivity contribution in [2.75, 3.05) is 36.5 Å². The number of hydrogen-bond donors (Lipinski definition) is 2. The summed E-state index contributed by atoms with van der Waals surface area (Å²) < 4.78 is 7.55. The number of aryl methyl sites for hydroxylation is 1. The zero-order chi connectivity index (χ0) is 23.7. The van der Waals surface area contributed by atoms with Crippen LogP contribution in [0.5, 0.6) is 0 Å². The van der Waals surface area contributed by atoms with Crippen molar-refractivity contribution in [2.24, 2.45) is 18.9 Å². The highest BCUT2D eigenvalue weighted by atomic mass is 16.5. The fourth-order valence-electron chi connectivity index (χ4n) is 4.57. The Bertz CT molecular complexity index is 1240. The number of nitrogens with one attached hydrogen (secondary N) is 2. The molecule has 0 spiro atoms. The van der Waals surface area contributed by atoms with Gasteiger partial charge in [0.25, 0.3) is 0 Å². The molecule has 0 unspecified atom stereocenters. The van der Waals surface area contributed by atoms with E-state index in [1.807, 2.05) is 48.1 Å². The van der Waals surface area contributed by atoms with Gasteiger partial charge in [-0.05, 0) is 25.7 Å². The summed E-state index contributed by atoms with van der Waals surface area (Å²) in [5, 5.41) is 11.4. The van der Waals surface area contributed by atoms with Crippen LogP contribution in [0.15, 0.2) is 36.5 Å². The lowest BCUT2D eigenvalue weighted by atomic mass is 10.0. The minimum atomic E-state index is 0.164. The lowest BCUT2D eigenvalue weighted by molar-refractivity contribution is 0.177. The molecule has 1 aromatic carbocycles. The molecule has 2 saturated heterocycles.